The second-order valence-electron chi connectivity index (χ2n) is 6.78. The number of nitrogens with zero attached hydrogens (tertiary/aromatic N) is 1. The molecule has 0 aromatic heterocycles. The molecule has 0 aliphatic carbocycles. The number of amides is 2. The lowest BCUT2D eigenvalue weighted by Gasteiger charge is -2.15. The second kappa shape index (κ2) is 10.3. The van der Waals surface area contributed by atoms with E-state index in [0.29, 0.717) is 30.1 Å². The number of ether oxygens (including phenoxy) is 3. The molecule has 8 heteroatoms. The van der Waals surface area contributed by atoms with Gasteiger partial charge in [-0.25, -0.2) is 0 Å². The fourth-order valence-corrected chi connectivity index (χ4v) is 3.33. The molecular weight excluding hydrogens is 394 g/mol. The Morgan fingerprint density at radius 2 is 1.90 bits per heavy atom. The van der Waals surface area contributed by atoms with E-state index >= 15 is 0 Å². The van der Waals surface area contributed by atoms with Gasteiger partial charge in [-0.05, 0) is 69.6 Å². The van der Waals surface area contributed by atoms with Crippen LogP contribution in [0.2, 0.25) is 0 Å². The van der Waals surface area contributed by atoms with Gasteiger partial charge in [0, 0.05) is 0 Å². The van der Waals surface area contributed by atoms with Crippen LogP contribution in [0.4, 0.5) is 4.79 Å². The zero-order valence-corrected chi connectivity index (χ0v) is 18.2. The standard InChI is InChI=1S/C21H27NO6S/c1-6-14(5)28-19(23)12-22-20(24)18(29-21(22)25)11-15-8-9-16(27-13(3)4)17(10-15)26-7-2/h8-11,13-14H,6-7,12H2,1-5H3/b18-11+/t14-/m0/s1. The number of benzene rings is 1. The lowest BCUT2D eigenvalue weighted by Crippen LogP contribution is -2.35. The molecular formula is C21H27NO6S. The van der Waals surface area contributed by atoms with Crippen LogP contribution in [0.5, 0.6) is 11.5 Å². The van der Waals surface area contributed by atoms with Gasteiger partial charge >= 0.3 is 5.97 Å². The van der Waals surface area contributed by atoms with Crippen LogP contribution in [0.25, 0.3) is 6.08 Å². The Kier molecular flexibility index (Phi) is 8.13. The largest absolute Gasteiger partial charge is 0.490 e. The van der Waals surface area contributed by atoms with Gasteiger partial charge in [-0.15, -0.1) is 0 Å². The summed E-state index contributed by atoms with van der Waals surface area (Å²) in [5.74, 6) is 0.0597. The predicted octanol–water partition coefficient (Wildman–Crippen LogP) is 4.25. The maximum Gasteiger partial charge on any atom is 0.326 e. The van der Waals surface area contributed by atoms with Crippen LogP contribution in [0.3, 0.4) is 0 Å². The Balaban J connectivity index is 2.18. The first kappa shape index (κ1) is 22.8. The number of hydrogen-bond donors (Lipinski definition) is 0. The van der Waals surface area contributed by atoms with Gasteiger partial charge in [0.2, 0.25) is 0 Å². The molecule has 0 saturated carbocycles. The molecule has 1 aromatic rings. The SMILES string of the molecule is CCOc1cc(/C=C2/SC(=O)N(CC(=O)O[C@@H](C)CC)C2=O)ccc1OC(C)C. The first-order chi connectivity index (χ1) is 13.7. The van der Waals surface area contributed by atoms with E-state index in [1.807, 2.05) is 27.7 Å². The van der Waals surface area contributed by atoms with Gasteiger partial charge in [0.25, 0.3) is 11.1 Å². The van der Waals surface area contributed by atoms with E-state index < -0.39 is 23.7 Å². The highest BCUT2D eigenvalue weighted by Crippen LogP contribution is 2.35. The molecule has 0 spiro atoms. The highest BCUT2D eigenvalue weighted by molar-refractivity contribution is 8.18. The van der Waals surface area contributed by atoms with Gasteiger partial charge in [-0.3, -0.25) is 19.3 Å². The Labute approximate surface area is 175 Å². The molecule has 0 bridgehead atoms. The van der Waals surface area contributed by atoms with E-state index in [9.17, 15) is 14.4 Å². The molecule has 2 amide bonds. The number of hydrogen-bond acceptors (Lipinski definition) is 7. The van der Waals surface area contributed by atoms with Crippen LogP contribution in [0.15, 0.2) is 23.1 Å². The van der Waals surface area contributed by atoms with E-state index in [1.54, 1.807) is 31.2 Å². The zero-order chi connectivity index (χ0) is 21.6. The minimum atomic E-state index is -0.600. The summed E-state index contributed by atoms with van der Waals surface area (Å²) in [6.07, 6.45) is 1.99. The number of thioether (sulfide) groups is 1. The summed E-state index contributed by atoms with van der Waals surface area (Å²) in [5, 5.41) is -0.493. The van der Waals surface area contributed by atoms with Crippen molar-refractivity contribution in [3.8, 4) is 11.5 Å². The van der Waals surface area contributed by atoms with Crippen molar-refractivity contribution < 1.29 is 28.6 Å². The van der Waals surface area contributed by atoms with Crippen LogP contribution >= 0.6 is 11.8 Å². The number of rotatable bonds is 9. The Bertz CT molecular complexity index is 804. The van der Waals surface area contributed by atoms with Gasteiger partial charge in [0.05, 0.1) is 23.7 Å². The lowest BCUT2D eigenvalue weighted by molar-refractivity contribution is -0.150. The van der Waals surface area contributed by atoms with Crippen molar-refractivity contribution in [3.05, 3.63) is 28.7 Å². The van der Waals surface area contributed by atoms with Crippen molar-refractivity contribution in [2.24, 2.45) is 0 Å². The monoisotopic (exact) mass is 421 g/mol. The lowest BCUT2D eigenvalue weighted by atomic mass is 10.2. The molecule has 7 nitrogen and oxygen atoms in total. The van der Waals surface area contributed by atoms with Gasteiger partial charge in [0.1, 0.15) is 6.54 Å². The van der Waals surface area contributed by atoms with Crippen molar-refractivity contribution in [2.75, 3.05) is 13.2 Å². The molecule has 1 fully saturated rings. The fourth-order valence-electron chi connectivity index (χ4n) is 2.50. The normalized spacial score (nSPS) is 16.5. The number of carbonyl (C=O) groups is 3. The molecule has 29 heavy (non-hydrogen) atoms. The maximum atomic E-state index is 12.6. The number of esters is 1. The smallest absolute Gasteiger partial charge is 0.326 e. The second-order valence-corrected chi connectivity index (χ2v) is 7.78. The number of carbonyl (C=O) groups excluding carboxylic acids is 3. The highest BCUT2D eigenvalue weighted by Gasteiger charge is 2.36. The third kappa shape index (κ3) is 6.25. The van der Waals surface area contributed by atoms with Crippen molar-refractivity contribution in [2.45, 2.75) is 53.2 Å². The molecule has 1 aliphatic heterocycles. The molecule has 1 saturated heterocycles. The average molecular weight is 422 g/mol. The summed E-state index contributed by atoms with van der Waals surface area (Å²) in [6.45, 7) is 9.43. The van der Waals surface area contributed by atoms with Gasteiger partial charge in [-0.2, -0.15) is 0 Å². The van der Waals surface area contributed by atoms with Crippen molar-refractivity contribution in [1.82, 2.24) is 4.90 Å². The van der Waals surface area contributed by atoms with Gasteiger partial charge in [0.15, 0.2) is 11.5 Å². The molecule has 0 radical (unpaired) electrons. The predicted molar refractivity (Wildman–Crippen MR) is 112 cm³/mol. The number of imide groups is 1. The van der Waals surface area contributed by atoms with Gasteiger partial charge in [-0.1, -0.05) is 13.0 Å². The third-order valence-electron chi connectivity index (χ3n) is 4.00. The van der Waals surface area contributed by atoms with Crippen LogP contribution in [-0.4, -0.2) is 47.4 Å². The van der Waals surface area contributed by atoms with E-state index in [1.165, 1.54) is 0 Å². The summed E-state index contributed by atoms with van der Waals surface area (Å²) >= 11 is 0.796. The summed E-state index contributed by atoms with van der Waals surface area (Å²) in [4.78, 5) is 37.9. The van der Waals surface area contributed by atoms with Crippen LogP contribution in [0, 0.1) is 0 Å². The first-order valence-corrected chi connectivity index (χ1v) is 10.4. The maximum absolute atomic E-state index is 12.6. The highest BCUT2D eigenvalue weighted by atomic mass is 32.2. The molecule has 0 unspecified atom stereocenters. The molecule has 1 aromatic carbocycles. The quantitative estimate of drug-likeness (QED) is 0.435. The minimum absolute atomic E-state index is 0.00765. The van der Waals surface area contributed by atoms with E-state index in [4.69, 9.17) is 14.2 Å². The molecule has 1 heterocycles. The fraction of sp³-hybridized carbons (Fsp3) is 0.476. The molecule has 1 aliphatic rings. The van der Waals surface area contributed by atoms with E-state index in [-0.39, 0.29) is 17.1 Å². The summed E-state index contributed by atoms with van der Waals surface area (Å²) in [6, 6.07) is 5.31. The molecule has 2 rings (SSSR count). The van der Waals surface area contributed by atoms with Crippen molar-refractivity contribution in [3.63, 3.8) is 0 Å². The summed E-state index contributed by atoms with van der Waals surface area (Å²) < 4.78 is 16.5. The van der Waals surface area contributed by atoms with Crippen molar-refractivity contribution >= 4 is 35.0 Å². The van der Waals surface area contributed by atoms with Crippen LogP contribution in [-0.2, 0) is 14.3 Å². The zero-order valence-electron chi connectivity index (χ0n) is 17.4. The van der Waals surface area contributed by atoms with Gasteiger partial charge < -0.3 is 14.2 Å². The van der Waals surface area contributed by atoms with Crippen LogP contribution in [0.1, 0.15) is 46.6 Å². The third-order valence-corrected chi connectivity index (χ3v) is 4.90. The summed E-state index contributed by atoms with van der Waals surface area (Å²) in [5.41, 5.74) is 0.692. The average Bonchev–Trinajstić information content (AvgIpc) is 2.91. The Morgan fingerprint density at radius 1 is 1.17 bits per heavy atom. The minimum Gasteiger partial charge on any atom is -0.490 e. The molecule has 158 valence electrons. The Morgan fingerprint density at radius 3 is 2.52 bits per heavy atom. The van der Waals surface area contributed by atoms with E-state index in [2.05, 4.69) is 0 Å². The Hall–Kier alpha value is -2.48. The topological polar surface area (TPSA) is 82.1 Å². The molecule has 1 atom stereocenters. The van der Waals surface area contributed by atoms with Crippen LogP contribution < -0.4 is 9.47 Å². The van der Waals surface area contributed by atoms with E-state index in [0.717, 1.165) is 16.7 Å². The summed E-state index contributed by atoms with van der Waals surface area (Å²) in [7, 11) is 0. The van der Waals surface area contributed by atoms with Crippen molar-refractivity contribution in [1.29, 1.82) is 0 Å². The first-order valence-electron chi connectivity index (χ1n) is 9.63. The molecule has 0 N–H and O–H groups in total.